The van der Waals surface area contributed by atoms with Crippen molar-refractivity contribution < 1.29 is 19.5 Å². The van der Waals surface area contributed by atoms with Crippen LogP contribution in [-0.4, -0.2) is 54.1 Å². The molecule has 9 heteroatoms. The van der Waals surface area contributed by atoms with E-state index in [0.717, 1.165) is 0 Å². The summed E-state index contributed by atoms with van der Waals surface area (Å²) in [6, 6.07) is -2.49. The fourth-order valence-electron chi connectivity index (χ4n) is 1.19. The molecule has 9 nitrogen and oxygen atoms in total. The highest BCUT2D eigenvalue weighted by atomic mass is 16.4. The van der Waals surface area contributed by atoms with Crippen LogP contribution < -0.4 is 27.8 Å². The van der Waals surface area contributed by atoms with Crippen molar-refractivity contribution in [2.45, 2.75) is 31.5 Å². The molecular formula is C10H21N5O4. The molecule has 0 spiro atoms. The smallest absolute Gasteiger partial charge is 0.321 e. The van der Waals surface area contributed by atoms with Crippen LogP contribution in [-0.2, 0) is 14.4 Å². The van der Waals surface area contributed by atoms with Crippen molar-refractivity contribution in [1.82, 2.24) is 10.6 Å². The second-order valence-corrected chi connectivity index (χ2v) is 4.11. The number of carboxylic acids is 1. The maximum atomic E-state index is 11.6. The summed E-state index contributed by atoms with van der Waals surface area (Å²) < 4.78 is 0. The predicted octanol–water partition coefficient (Wildman–Crippen LogP) is -3.30. The molecule has 110 valence electrons. The standard InChI is InChI=1S/C10H21N5O4/c1-5(9(17)15-6(3-11)4-12)14-8(16)2-7(13)10(18)19/h5-7H,2-4,11-13H2,1H3,(H,14,16)(H,15,17)(H,18,19). The Hall–Kier alpha value is -1.71. The van der Waals surface area contributed by atoms with Gasteiger partial charge in [-0.25, -0.2) is 0 Å². The molecule has 9 N–H and O–H groups in total. The molecular weight excluding hydrogens is 254 g/mol. The van der Waals surface area contributed by atoms with Crippen molar-refractivity contribution in [3.8, 4) is 0 Å². The molecule has 2 amide bonds. The van der Waals surface area contributed by atoms with E-state index >= 15 is 0 Å². The van der Waals surface area contributed by atoms with Gasteiger partial charge in [0.15, 0.2) is 0 Å². The van der Waals surface area contributed by atoms with E-state index in [1.54, 1.807) is 0 Å². The first kappa shape index (κ1) is 17.3. The quantitative estimate of drug-likeness (QED) is 0.269. The van der Waals surface area contributed by atoms with Crippen LogP contribution in [0.2, 0.25) is 0 Å². The van der Waals surface area contributed by atoms with Crippen LogP contribution in [0, 0.1) is 0 Å². The Kier molecular flexibility index (Phi) is 7.65. The Labute approximate surface area is 110 Å². The minimum atomic E-state index is -1.30. The van der Waals surface area contributed by atoms with Gasteiger partial charge in [0.25, 0.3) is 0 Å². The Bertz CT molecular complexity index is 332. The van der Waals surface area contributed by atoms with Crippen molar-refractivity contribution in [3.63, 3.8) is 0 Å². The summed E-state index contributed by atoms with van der Waals surface area (Å²) >= 11 is 0. The average molecular weight is 275 g/mol. The largest absolute Gasteiger partial charge is 0.480 e. The van der Waals surface area contributed by atoms with Crippen molar-refractivity contribution in [2.75, 3.05) is 13.1 Å². The maximum absolute atomic E-state index is 11.6. The first-order chi connectivity index (χ1) is 8.81. The predicted molar refractivity (Wildman–Crippen MR) is 67.9 cm³/mol. The van der Waals surface area contributed by atoms with Gasteiger partial charge >= 0.3 is 5.97 Å². The van der Waals surface area contributed by atoms with E-state index < -0.39 is 36.3 Å². The van der Waals surface area contributed by atoms with Gasteiger partial charge in [0.05, 0.1) is 12.5 Å². The number of nitrogens with one attached hydrogen (secondary N) is 2. The highest BCUT2D eigenvalue weighted by Crippen LogP contribution is 1.91. The number of carboxylic acid groups (broad SMARTS) is 1. The average Bonchev–Trinajstić information content (AvgIpc) is 2.34. The third kappa shape index (κ3) is 6.70. The Morgan fingerprint density at radius 1 is 1.16 bits per heavy atom. The number of hydrogen-bond acceptors (Lipinski definition) is 6. The monoisotopic (exact) mass is 275 g/mol. The number of carbonyl (C=O) groups excluding carboxylic acids is 2. The van der Waals surface area contributed by atoms with Gasteiger partial charge in [0, 0.05) is 13.1 Å². The van der Waals surface area contributed by atoms with Gasteiger partial charge in [-0.1, -0.05) is 0 Å². The molecule has 2 atom stereocenters. The molecule has 2 unspecified atom stereocenters. The van der Waals surface area contributed by atoms with E-state index in [9.17, 15) is 14.4 Å². The lowest BCUT2D eigenvalue weighted by Crippen LogP contribution is -2.52. The van der Waals surface area contributed by atoms with Gasteiger partial charge in [-0.15, -0.1) is 0 Å². The molecule has 0 heterocycles. The molecule has 0 saturated heterocycles. The van der Waals surface area contributed by atoms with Gasteiger partial charge in [-0.3, -0.25) is 14.4 Å². The minimum absolute atomic E-state index is 0.187. The summed E-state index contributed by atoms with van der Waals surface area (Å²) in [5.41, 5.74) is 15.9. The highest BCUT2D eigenvalue weighted by molar-refractivity contribution is 5.89. The Morgan fingerprint density at radius 3 is 2.11 bits per heavy atom. The van der Waals surface area contributed by atoms with Gasteiger partial charge in [-0.05, 0) is 6.92 Å². The Morgan fingerprint density at radius 2 is 1.68 bits per heavy atom. The summed E-state index contributed by atoms with van der Waals surface area (Å²) in [5.74, 6) is -2.34. The van der Waals surface area contributed by atoms with E-state index in [4.69, 9.17) is 22.3 Å². The zero-order valence-electron chi connectivity index (χ0n) is 10.8. The fraction of sp³-hybridized carbons (Fsp3) is 0.700. The molecule has 0 fully saturated rings. The van der Waals surface area contributed by atoms with Crippen LogP contribution in [0.15, 0.2) is 0 Å². The topological polar surface area (TPSA) is 174 Å². The first-order valence-corrected chi connectivity index (χ1v) is 5.80. The lowest BCUT2D eigenvalue weighted by atomic mass is 10.2. The van der Waals surface area contributed by atoms with Crippen molar-refractivity contribution >= 4 is 17.8 Å². The SMILES string of the molecule is CC(NC(=O)CC(N)C(=O)O)C(=O)NC(CN)CN. The summed E-state index contributed by atoms with van der Waals surface area (Å²) in [4.78, 5) is 33.5. The first-order valence-electron chi connectivity index (χ1n) is 5.80. The summed E-state index contributed by atoms with van der Waals surface area (Å²) in [6.07, 6.45) is -0.399. The van der Waals surface area contributed by atoms with E-state index in [0.29, 0.717) is 0 Å². The second-order valence-electron chi connectivity index (χ2n) is 4.11. The molecule has 19 heavy (non-hydrogen) atoms. The third-order valence-corrected chi connectivity index (χ3v) is 2.41. The van der Waals surface area contributed by atoms with Crippen LogP contribution in [0.1, 0.15) is 13.3 Å². The molecule has 0 aliphatic heterocycles. The molecule has 0 aromatic heterocycles. The fourth-order valence-corrected chi connectivity index (χ4v) is 1.19. The molecule has 0 aliphatic rings. The summed E-state index contributed by atoms with van der Waals surface area (Å²) in [5, 5.41) is 13.4. The van der Waals surface area contributed by atoms with E-state index in [1.807, 2.05) is 0 Å². The van der Waals surface area contributed by atoms with Crippen LogP contribution in [0.25, 0.3) is 0 Å². The molecule has 0 aliphatic carbocycles. The van der Waals surface area contributed by atoms with Gasteiger partial charge in [0.2, 0.25) is 11.8 Å². The van der Waals surface area contributed by atoms with E-state index in [2.05, 4.69) is 10.6 Å². The number of aliphatic carboxylic acids is 1. The zero-order valence-corrected chi connectivity index (χ0v) is 10.8. The normalized spacial score (nSPS) is 13.7. The van der Waals surface area contributed by atoms with Crippen LogP contribution in [0.3, 0.4) is 0 Å². The van der Waals surface area contributed by atoms with Crippen LogP contribution in [0.5, 0.6) is 0 Å². The zero-order chi connectivity index (χ0) is 15.0. The van der Waals surface area contributed by atoms with Crippen molar-refractivity contribution in [1.29, 1.82) is 0 Å². The summed E-state index contributed by atoms with van der Waals surface area (Å²) in [6.45, 7) is 1.84. The van der Waals surface area contributed by atoms with Gasteiger partial charge in [0.1, 0.15) is 12.1 Å². The van der Waals surface area contributed by atoms with Crippen LogP contribution in [0.4, 0.5) is 0 Å². The van der Waals surface area contributed by atoms with E-state index in [-0.39, 0.29) is 19.1 Å². The Balaban J connectivity index is 4.21. The molecule has 0 rings (SSSR count). The number of rotatable bonds is 8. The van der Waals surface area contributed by atoms with Gasteiger partial charge < -0.3 is 32.9 Å². The molecule has 0 aromatic rings. The number of carbonyl (C=O) groups is 3. The maximum Gasteiger partial charge on any atom is 0.321 e. The molecule has 0 radical (unpaired) electrons. The van der Waals surface area contributed by atoms with Crippen molar-refractivity contribution in [3.05, 3.63) is 0 Å². The number of nitrogens with two attached hydrogens (primary N) is 3. The molecule has 0 aromatic carbocycles. The molecule has 0 saturated carbocycles. The third-order valence-electron chi connectivity index (χ3n) is 2.41. The second kappa shape index (κ2) is 8.40. The highest BCUT2D eigenvalue weighted by Gasteiger charge is 2.21. The van der Waals surface area contributed by atoms with Crippen molar-refractivity contribution in [2.24, 2.45) is 17.2 Å². The minimum Gasteiger partial charge on any atom is -0.480 e. The number of amides is 2. The number of hydrogen-bond donors (Lipinski definition) is 6. The van der Waals surface area contributed by atoms with E-state index in [1.165, 1.54) is 6.92 Å². The molecule has 0 bridgehead atoms. The van der Waals surface area contributed by atoms with Crippen LogP contribution >= 0.6 is 0 Å². The lowest BCUT2D eigenvalue weighted by molar-refractivity contribution is -0.140. The van der Waals surface area contributed by atoms with Gasteiger partial charge in [-0.2, -0.15) is 0 Å². The lowest BCUT2D eigenvalue weighted by Gasteiger charge is -2.19. The summed E-state index contributed by atoms with van der Waals surface area (Å²) in [7, 11) is 0.